The van der Waals surface area contributed by atoms with Gasteiger partial charge in [-0.3, -0.25) is 9.69 Å². The summed E-state index contributed by atoms with van der Waals surface area (Å²) in [6, 6.07) is 7.66. The van der Waals surface area contributed by atoms with Crippen molar-refractivity contribution in [1.82, 2.24) is 15.1 Å². The molecule has 5 nitrogen and oxygen atoms in total. The van der Waals surface area contributed by atoms with Gasteiger partial charge in [-0.25, -0.2) is 4.79 Å². The molecule has 0 bridgehead atoms. The number of amides is 2. The lowest BCUT2D eigenvalue weighted by molar-refractivity contribution is 0.0838. The van der Waals surface area contributed by atoms with Gasteiger partial charge in [-0.15, -0.1) is 0 Å². The zero-order valence-corrected chi connectivity index (χ0v) is 12.6. The van der Waals surface area contributed by atoms with Gasteiger partial charge >= 0.3 is 6.03 Å². The summed E-state index contributed by atoms with van der Waals surface area (Å²) in [5, 5.41) is 2.84. The molecule has 2 aliphatic heterocycles. The number of rotatable bonds is 3. The van der Waals surface area contributed by atoms with E-state index >= 15 is 0 Å². The van der Waals surface area contributed by atoms with Crippen LogP contribution >= 0.6 is 15.9 Å². The zero-order chi connectivity index (χ0) is 14.1. The van der Waals surface area contributed by atoms with Crippen LogP contribution in [0, 0.1) is 0 Å². The molecule has 1 aromatic carbocycles. The van der Waals surface area contributed by atoms with Crippen molar-refractivity contribution in [3.8, 4) is 0 Å². The van der Waals surface area contributed by atoms with Gasteiger partial charge in [0.25, 0.3) is 0 Å². The third-order valence-corrected chi connectivity index (χ3v) is 4.38. The lowest BCUT2D eigenvalue weighted by Crippen LogP contribution is -2.53. The van der Waals surface area contributed by atoms with Gasteiger partial charge in [0.05, 0.1) is 12.6 Å². The number of piperazine rings is 1. The Balaban J connectivity index is 1.60. The molecule has 1 unspecified atom stereocenters. The van der Waals surface area contributed by atoms with Crippen molar-refractivity contribution < 1.29 is 9.59 Å². The summed E-state index contributed by atoms with van der Waals surface area (Å²) in [4.78, 5) is 27.7. The highest BCUT2D eigenvalue weighted by Gasteiger charge is 2.35. The largest absolute Gasteiger partial charge is 0.336 e. The molecule has 0 spiro atoms. The molecule has 20 heavy (non-hydrogen) atoms. The van der Waals surface area contributed by atoms with E-state index in [2.05, 4.69) is 26.1 Å². The fourth-order valence-corrected chi connectivity index (χ4v) is 3.01. The maximum atomic E-state index is 12.2. The van der Waals surface area contributed by atoms with E-state index in [4.69, 9.17) is 0 Å². The summed E-state index contributed by atoms with van der Waals surface area (Å²) in [6.45, 7) is 3.32. The summed E-state index contributed by atoms with van der Waals surface area (Å²) >= 11 is 3.36. The number of urea groups is 1. The number of hydrogen-bond acceptors (Lipinski definition) is 3. The average molecular weight is 338 g/mol. The van der Waals surface area contributed by atoms with Crippen molar-refractivity contribution in [2.75, 3.05) is 32.7 Å². The minimum Gasteiger partial charge on any atom is -0.336 e. The highest BCUT2D eigenvalue weighted by molar-refractivity contribution is 9.10. The molecule has 6 heteroatoms. The first kappa shape index (κ1) is 13.6. The van der Waals surface area contributed by atoms with Crippen LogP contribution in [-0.2, 0) is 0 Å². The van der Waals surface area contributed by atoms with Crippen molar-refractivity contribution in [2.45, 2.75) is 6.04 Å². The number of hydrogen-bond donors (Lipinski definition) is 1. The number of carbonyl (C=O) groups is 2. The predicted octanol–water partition coefficient (Wildman–Crippen LogP) is 1.34. The smallest absolute Gasteiger partial charge is 0.317 e. The minimum atomic E-state index is 0.0221. The first-order chi connectivity index (χ1) is 9.63. The number of halogens is 1. The van der Waals surface area contributed by atoms with Gasteiger partial charge < -0.3 is 10.2 Å². The van der Waals surface area contributed by atoms with Gasteiger partial charge in [0, 0.05) is 36.2 Å². The van der Waals surface area contributed by atoms with Gasteiger partial charge in [0.1, 0.15) is 0 Å². The first-order valence-corrected chi connectivity index (χ1v) is 7.48. The molecular weight excluding hydrogens is 322 g/mol. The number of carbonyl (C=O) groups excluding carboxylic acids is 2. The lowest BCUT2D eigenvalue weighted by atomic mass is 10.1. The van der Waals surface area contributed by atoms with Crippen molar-refractivity contribution in [3.63, 3.8) is 0 Å². The van der Waals surface area contributed by atoms with E-state index in [1.807, 2.05) is 29.2 Å². The van der Waals surface area contributed by atoms with E-state index in [0.29, 0.717) is 19.6 Å². The van der Waals surface area contributed by atoms with E-state index in [1.54, 1.807) is 0 Å². The second kappa shape index (κ2) is 5.54. The van der Waals surface area contributed by atoms with E-state index < -0.39 is 0 Å². The predicted molar refractivity (Wildman–Crippen MR) is 78.8 cm³/mol. The van der Waals surface area contributed by atoms with Crippen LogP contribution in [-0.4, -0.2) is 60.4 Å². The number of benzene rings is 1. The van der Waals surface area contributed by atoms with Crippen LogP contribution in [0.2, 0.25) is 0 Å². The maximum absolute atomic E-state index is 12.2. The monoisotopic (exact) mass is 337 g/mol. The molecule has 2 heterocycles. The summed E-state index contributed by atoms with van der Waals surface area (Å²) in [5.74, 6) is 0.128. The van der Waals surface area contributed by atoms with E-state index in [0.717, 1.165) is 23.1 Å². The summed E-state index contributed by atoms with van der Waals surface area (Å²) in [5.41, 5.74) is 0.733. The number of nitrogens with zero attached hydrogens (tertiary/aromatic N) is 2. The van der Waals surface area contributed by atoms with Gasteiger partial charge in [0.15, 0.2) is 5.78 Å². The Morgan fingerprint density at radius 1 is 1.30 bits per heavy atom. The minimum absolute atomic E-state index is 0.0221. The van der Waals surface area contributed by atoms with Crippen LogP contribution in [0.15, 0.2) is 28.7 Å². The Bertz CT molecular complexity index is 532. The van der Waals surface area contributed by atoms with Crippen molar-refractivity contribution in [1.29, 1.82) is 0 Å². The Kier molecular flexibility index (Phi) is 3.76. The van der Waals surface area contributed by atoms with Crippen molar-refractivity contribution in [3.05, 3.63) is 34.3 Å². The number of fused-ring (bicyclic) bond motifs is 1. The molecule has 2 amide bonds. The number of nitrogens with one attached hydrogen (secondary N) is 1. The average Bonchev–Trinajstić information content (AvgIpc) is 2.81. The molecule has 0 aliphatic carbocycles. The lowest BCUT2D eigenvalue weighted by Gasteiger charge is -2.35. The van der Waals surface area contributed by atoms with Gasteiger partial charge in [-0.1, -0.05) is 28.1 Å². The Hall–Kier alpha value is -1.40. The molecule has 2 fully saturated rings. The van der Waals surface area contributed by atoms with Gasteiger partial charge in [-0.2, -0.15) is 0 Å². The molecule has 106 valence electrons. The molecule has 1 N–H and O–H groups in total. The van der Waals surface area contributed by atoms with E-state index in [1.165, 1.54) is 0 Å². The Labute approximate surface area is 126 Å². The van der Waals surface area contributed by atoms with Crippen LogP contribution in [0.1, 0.15) is 10.4 Å². The van der Waals surface area contributed by atoms with Crippen molar-refractivity contribution >= 4 is 27.7 Å². The molecule has 0 saturated carbocycles. The van der Waals surface area contributed by atoms with Crippen molar-refractivity contribution in [2.24, 2.45) is 0 Å². The van der Waals surface area contributed by atoms with Crippen LogP contribution in [0.5, 0.6) is 0 Å². The fourth-order valence-electron chi connectivity index (χ4n) is 2.74. The summed E-state index contributed by atoms with van der Waals surface area (Å²) < 4.78 is 0.971. The third kappa shape index (κ3) is 2.71. The molecule has 1 atom stereocenters. The zero-order valence-electron chi connectivity index (χ0n) is 11.0. The standard InChI is InChI=1S/C14H16BrN3O2/c15-11-3-1-10(2-4-11)13(19)9-17-5-6-18-12(8-17)7-16-14(18)20/h1-4,12H,5-9H2,(H,16,20). The van der Waals surface area contributed by atoms with Crippen LogP contribution in [0.4, 0.5) is 4.79 Å². The van der Waals surface area contributed by atoms with E-state index in [9.17, 15) is 9.59 Å². The van der Waals surface area contributed by atoms with Gasteiger partial charge in [0.2, 0.25) is 0 Å². The van der Waals surface area contributed by atoms with Crippen LogP contribution in [0.3, 0.4) is 0 Å². The molecular formula is C14H16BrN3O2. The topological polar surface area (TPSA) is 52.7 Å². The second-order valence-electron chi connectivity index (χ2n) is 5.20. The fraction of sp³-hybridized carbons (Fsp3) is 0.429. The highest BCUT2D eigenvalue weighted by Crippen LogP contribution is 2.15. The quantitative estimate of drug-likeness (QED) is 0.847. The Morgan fingerprint density at radius 2 is 2.05 bits per heavy atom. The SMILES string of the molecule is O=C(CN1CCN2C(=O)NCC2C1)c1ccc(Br)cc1. The molecule has 2 aliphatic rings. The number of ketones is 1. The summed E-state index contributed by atoms with van der Waals surface area (Å²) in [7, 11) is 0. The molecule has 2 saturated heterocycles. The van der Waals surface area contributed by atoms with Crippen LogP contribution < -0.4 is 5.32 Å². The first-order valence-electron chi connectivity index (χ1n) is 6.69. The summed E-state index contributed by atoms with van der Waals surface area (Å²) in [6.07, 6.45) is 0. The second-order valence-corrected chi connectivity index (χ2v) is 6.11. The van der Waals surface area contributed by atoms with Gasteiger partial charge in [-0.05, 0) is 12.1 Å². The normalized spacial score (nSPS) is 22.6. The van der Waals surface area contributed by atoms with E-state index in [-0.39, 0.29) is 17.9 Å². The molecule has 0 aromatic heterocycles. The number of Topliss-reactive ketones (excluding diaryl/α,β-unsaturated/α-hetero) is 1. The highest BCUT2D eigenvalue weighted by atomic mass is 79.9. The Morgan fingerprint density at radius 3 is 2.80 bits per heavy atom. The third-order valence-electron chi connectivity index (χ3n) is 3.85. The molecule has 3 rings (SSSR count). The molecule has 1 aromatic rings. The maximum Gasteiger partial charge on any atom is 0.317 e. The van der Waals surface area contributed by atoms with Crippen LogP contribution in [0.25, 0.3) is 0 Å². The molecule has 0 radical (unpaired) electrons.